The zero-order valence-electron chi connectivity index (χ0n) is 17.0. The van der Waals surface area contributed by atoms with Crippen LogP contribution in [0.25, 0.3) is 0 Å². The summed E-state index contributed by atoms with van der Waals surface area (Å²) in [6, 6.07) is 14.6. The highest BCUT2D eigenvalue weighted by atomic mass is 32.2. The Morgan fingerprint density at radius 2 is 1.50 bits per heavy atom. The first-order chi connectivity index (χ1) is 15.0. The van der Waals surface area contributed by atoms with Crippen LogP contribution in [0.5, 0.6) is 5.75 Å². The van der Waals surface area contributed by atoms with E-state index in [9.17, 15) is 26.9 Å². The molecule has 12 heteroatoms. The Morgan fingerprint density at radius 3 is 2.12 bits per heavy atom. The Morgan fingerprint density at radius 1 is 0.844 bits per heavy atom. The summed E-state index contributed by atoms with van der Waals surface area (Å²) < 4.78 is 60.4. The van der Waals surface area contributed by atoms with Gasteiger partial charge in [0.05, 0.1) is 27.5 Å². The van der Waals surface area contributed by atoms with Crippen molar-refractivity contribution in [2.24, 2.45) is 0 Å². The number of nitrogens with one attached hydrogen (secondary N) is 2. The topological polar surface area (TPSA) is 145 Å². The van der Waals surface area contributed by atoms with Crippen LogP contribution in [-0.4, -0.2) is 28.9 Å². The van der Waals surface area contributed by atoms with E-state index in [2.05, 4.69) is 9.44 Å². The molecule has 0 bridgehead atoms. The van der Waals surface area contributed by atoms with Crippen molar-refractivity contribution < 1.29 is 26.5 Å². The van der Waals surface area contributed by atoms with Gasteiger partial charge < -0.3 is 4.74 Å². The fourth-order valence-electron chi connectivity index (χ4n) is 2.79. The van der Waals surface area contributed by atoms with E-state index in [0.29, 0.717) is 5.75 Å². The number of hydrogen-bond donors (Lipinski definition) is 2. The molecule has 0 unspecified atom stereocenters. The van der Waals surface area contributed by atoms with Crippen molar-refractivity contribution in [3.05, 3.63) is 82.4 Å². The van der Waals surface area contributed by atoms with Gasteiger partial charge in [0.25, 0.3) is 25.7 Å². The number of anilines is 2. The summed E-state index contributed by atoms with van der Waals surface area (Å²) in [7, 11) is -6.67. The predicted octanol–water partition coefficient (Wildman–Crippen LogP) is 3.51. The summed E-state index contributed by atoms with van der Waals surface area (Å²) in [5, 5.41) is 10.9. The molecule has 0 fully saturated rings. The van der Waals surface area contributed by atoms with Gasteiger partial charge in [-0.2, -0.15) is 0 Å². The first-order valence-electron chi connectivity index (χ1n) is 9.07. The summed E-state index contributed by atoms with van der Waals surface area (Å²) in [5.74, 6) is 0.348. The fraction of sp³-hybridized carbons (Fsp3) is 0.100. The van der Waals surface area contributed by atoms with Gasteiger partial charge in [0.1, 0.15) is 5.75 Å². The van der Waals surface area contributed by atoms with Gasteiger partial charge >= 0.3 is 0 Å². The van der Waals surface area contributed by atoms with Gasteiger partial charge in [-0.25, -0.2) is 16.8 Å². The van der Waals surface area contributed by atoms with Gasteiger partial charge in [-0.15, -0.1) is 0 Å². The van der Waals surface area contributed by atoms with E-state index in [1.54, 1.807) is 25.1 Å². The second kappa shape index (κ2) is 8.85. The molecule has 3 rings (SSSR count). The van der Waals surface area contributed by atoms with E-state index >= 15 is 0 Å². The number of nitro benzene ring substituents is 1. The van der Waals surface area contributed by atoms with Crippen molar-refractivity contribution in [3.63, 3.8) is 0 Å². The zero-order chi connectivity index (χ0) is 23.5. The third kappa shape index (κ3) is 5.15. The fourth-order valence-corrected chi connectivity index (χ4v) is 4.94. The molecule has 0 saturated carbocycles. The molecule has 0 saturated heterocycles. The van der Waals surface area contributed by atoms with Crippen LogP contribution >= 0.6 is 0 Å². The van der Waals surface area contributed by atoms with E-state index < -0.39 is 25.0 Å². The van der Waals surface area contributed by atoms with Crippen molar-refractivity contribution in [3.8, 4) is 5.75 Å². The maximum absolute atomic E-state index is 12.7. The molecule has 3 aromatic rings. The minimum Gasteiger partial charge on any atom is -0.495 e. The lowest BCUT2D eigenvalue weighted by molar-refractivity contribution is -0.385. The molecule has 0 aliphatic carbocycles. The van der Waals surface area contributed by atoms with E-state index in [-0.39, 0.29) is 26.9 Å². The third-order valence-corrected chi connectivity index (χ3v) is 7.12. The lowest BCUT2D eigenvalue weighted by Gasteiger charge is -2.13. The minimum absolute atomic E-state index is 0.0867. The highest BCUT2D eigenvalue weighted by Crippen LogP contribution is 2.28. The lowest BCUT2D eigenvalue weighted by atomic mass is 10.2. The molecular weight excluding hydrogens is 458 g/mol. The molecule has 2 N–H and O–H groups in total. The van der Waals surface area contributed by atoms with Crippen LogP contribution in [0.2, 0.25) is 0 Å². The monoisotopic (exact) mass is 477 g/mol. The average Bonchev–Trinajstić information content (AvgIpc) is 2.74. The molecule has 0 amide bonds. The van der Waals surface area contributed by atoms with Crippen molar-refractivity contribution in [2.45, 2.75) is 16.7 Å². The molecule has 0 aromatic heterocycles. The van der Waals surface area contributed by atoms with E-state index in [4.69, 9.17) is 4.74 Å². The number of rotatable bonds is 8. The number of methoxy groups -OCH3 is 1. The molecule has 3 aromatic carbocycles. The van der Waals surface area contributed by atoms with Crippen LogP contribution in [0, 0.1) is 17.0 Å². The van der Waals surface area contributed by atoms with Crippen LogP contribution in [0.3, 0.4) is 0 Å². The maximum Gasteiger partial charge on any atom is 0.270 e. The van der Waals surface area contributed by atoms with Crippen LogP contribution in [0.4, 0.5) is 17.1 Å². The molecule has 0 spiro atoms. The smallest absolute Gasteiger partial charge is 0.270 e. The van der Waals surface area contributed by atoms with Crippen molar-refractivity contribution >= 4 is 37.1 Å². The molecule has 0 radical (unpaired) electrons. The number of non-ortho nitro benzene ring substituents is 1. The van der Waals surface area contributed by atoms with Gasteiger partial charge in [0, 0.05) is 17.8 Å². The zero-order valence-corrected chi connectivity index (χ0v) is 18.6. The summed E-state index contributed by atoms with van der Waals surface area (Å²) in [6.07, 6.45) is 0. The predicted molar refractivity (Wildman–Crippen MR) is 119 cm³/mol. The number of ether oxygens (including phenoxy) is 1. The number of aryl methyl sites for hydroxylation is 1. The largest absolute Gasteiger partial charge is 0.495 e. The van der Waals surface area contributed by atoms with Crippen LogP contribution in [0.1, 0.15) is 5.56 Å². The van der Waals surface area contributed by atoms with Crippen LogP contribution in [0.15, 0.2) is 76.5 Å². The number of sulfonamides is 2. The maximum atomic E-state index is 12.7. The third-order valence-electron chi connectivity index (χ3n) is 4.35. The van der Waals surface area contributed by atoms with Crippen molar-refractivity contribution in [1.29, 1.82) is 0 Å². The quantitative estimate of drug-likeness (QED) is 0.373. The highest BCUT2D eigenvalue weighted by Gasteiger charge is 2.20. The molecule has 0 aliphatic heterocycles. The molecule has 0 heterocycles. The number of hydrogen-bond acceptors (Lipinski definition) is 7. The Balaban J connectivity index is 1.82. The SMILES string of the molecule is COc1ccc(C)cc1NS(=O)(=O)c1ccc(NS(=O)(=O)c2cccc([N+](=O)[O-])c2)cc1. The first-order valence-corrected chi connectivity index (χ1v) is 12.0. The van der Waals surface area contributed by atoms with Crippen molar-refractivity contribution in [1.82, 2.24) is 0 Å². The number of benzene rings is 3. The second-order valence-electron chi connectivity index (χ2n) is 6.69. The minimum atomic E-state index is -4.12. The number of nitrogens with zero attached hydrogens (tertiary/aromatic N) is 1. The Bertz CT molecular complexity index is 1370. The van der Waals surface area contributed by atoms with Gasteiger partial charge in [-0.3, -0.25) is 19.6 Å². The lowest BCUT2D eigenvalue weighted by Crippen LogP contribution is -2.15. The Kier molecular flexibility index (Phi) is 6.37. The van der Waals surface area contributed by atoms with Gasteiger partial charge in [0.2, 0.25) is 0 Å². The summed E-state index contributed by atoms with van der Waals surface area (Å²) >= 11 is 0. The summed E-state index contributed by atoms with van der Waals surface area (Å²) in [5.41, 5.74) is 0.813. The van der Waals surface area contributed by atoms with Gasteiger partial charge in [-0.05, 0) is 55.0 Å². The number of nitro groups is 1. The first kappa shape index (κ1) is 23.0. The second-order valence-corrected chi connectivity index (χ2v) is 10.1. The average molecular weight is 478 g/mol. The van der Waals surface area contributed by atoms with Gasteiger partial charge in [0.15, 0.2) is 0 Å². The highest BCUT2D eigenvalue weighted by molar-refractivity contribution is 7.93. The Hall–Kier alpha value is -3.64. The van der Waals surface area contributed by atoms with Crippen molar-refractivity contribution in [2.75, 3.05) is 16.6 Å². The molecular formula is C20H19N3O7S2. The molecule has 32 heavy (non-hydrogen) atoms. The summed E-state index contributed by atoms with van der Waals surface area (Å²) in [6.45, 7) is 1.81. The molecule has 0 aliphatic rings. The standard InChI is InChI=1S/C20H19N3O7S2/c1-14-6-11-20(30-2)19(12-14)22-31(26,27)17-9-7-15(8-10-17)21-32(28,29)18-5-3-4-16(13-18)23(24)25/h3-13,21-22H,1-2H3. The molecule has 10 nitrogen and oxygen atoms in total. The molecule has 0 atom stereocenters. The Labute approximate surface area is 185 Å². The van der Waals surface area contributed by atoms with Gasteiger partial charge in [-0.1, -0.05) is 12.1 Å². The normalized spacial score (nSPS) is 11.6. The van der Waals surface area contributed by atoms with E-state index in [1.165, 1.54) is 49.6 Å². The van der Waals surface area contributed by atoms with Crippen LogP contribution in [-0.2, 0) is 20.0 Å². The molecule has 168 valence electrons. The van der Waals surface area contributed by atoms with E-state index in [1.807, 2.05) is 0 Å². The summed E-state index contributed by atoms with van der Waals surface area (Å²) in [4.78, 5) is 9.79. The van der Waals surface area contributed by atoms with E-state index in [0.717, 1.165) is 11.6 Å². The van der Waals surface area contributed by atoms with Crippen LogP contribution < -0.4 is 14.2 Å².